The average molecular weight is 533 g/mol. The molecule has 4 rings (SSSR count). The van der Waals surface area contributed by atoms with Gasteiger partial charge in [0.25, 0.3) is 5.91 Å². The van der Waals surface area contributed by atoms with Gasteiger partial charge in [0.15, 0.2) is 17.7 Å². The lowest BCUT2D eigenvalue weighted by Gasteiger charge is -2.19. The number of amides is 1. The van der Waals surface area contributed by atoms with Crippen LogP contribution in [0.4, 0.5) is 23.2 Å². The van der Waals surface area contributed by atoms with Crippen molar-refractivity contribution >= 4 is 34.1 Å². The Morgan fingerprint density at radius 3 is 2.54 bits per heavy atom. The SMILES string of the molecule is Cc1c(NC(O)c2cc(C(N)=O)nc3c(F)cc(Cl)cc23)c(C(F)(F)F)nn1Cc1ccc(C#N)cc1. The van der Waals surface area contributed by atoms with Crippen LogP contribution in [0.15, 0.2) is 42.5 Å². The number of nitrogens with zero attached hydrogens (tertiary/aromatic N) is 4. The van der Waals surface area contributed by atoms with Crippen molar-refractivity contribution in [1.29, 1.82) is 5.26 Å². The van der Waals surface area contributed by atoms with Gasteiger partial charge in [-0.3, -0.25) is 9.48 Å². The van der Waals surface area contributed by atoms with Gasteiger partial charge in [0.05, 0.1) is 29.6 Å². The third kappa shape index (κ3) is 5.18. The van der Waals surface area contributed by atoms with E-state index in [-0.39, 0.29) is 33.7 Å². The lowest BCUT2D eigenvalue weighted by Crippen LogP contribution is -2.18. The number of aliphatic hydroxyl groups excluding tert-OH is 1. The molecule has 1 atom stereocenters. The first kappa shape index (κ1) is 25.9. The van der Waals surface area contributed by atoms with Crippen LogP contribution in [0.1, 0.15) is 44.8 Å². The number of rotatable bonds is 6. The van der Waals surface area contributed by atoms with Crippen LogP contribution in [-0.4, -0.2) is 25.8 Å². The van der Waals surface area contributed by atoms with Crippen LogP contribution < -0.4 is 11.1 Å². The van der Waals surface area contributed by atoms with E-state index in [0.717, 1.165) is 16.8 Å². The van der Waals surface area contributed by atoms with Gasteiger partial charge in [-0.25, -0.2) is 9.37 Å². The molecule has 8 nitrogen and oxygen atoms in total. The molecular weight excluding hydrogens is 516 g/mol. The number of hydrogen-bond acceptors (Lipinski definition) is 6. The predicted octanol–water partition coefficient (Wildman–Crippen LogP) is 4.67. The van der Waals surface area contributed by atoms with Gasteiger partial charge in [-0.15, -0.1) is 0 Å². The summed E-state index contributed by atoms with van der Waals surface area (Å²) in [5.41, 5.74) is 3.53. The van der Waals surface area contributed by atoms with Crippen molar-refractivity contribution in [2.24, 2.45) is 5.73 Å². The van der Waals surface area contributed by atoms with Gasteiger partial charge < -0.3 is 16.2 Å². The van der Waals surface area contributed by atoms with Crippen molar-refractivity contribution in [3.8, 4) is 6.07 Å². The van der Waals surface area contributed by atoms with E-state index in [1.165, 1.54) is 25.1 Å². The summed E-state index contributed by atoms with van der Waals surface area (Å²) in [6, 6.07) is 11.4. The summed E-state index contributed by atoms with van der Waals surface area (Å²) >= 11 is 5.93. The molecule has 0 saturated carbocycles. The Labute approximate surface area is 211 Å². The second-order valence-electron chi connectivity index (χ2n) is 8.06. The molecule has 0 fully saturated rings. The van der Waals surface area contributed by atoms with E-state index in [9.17, 15) is 27.5 Å². The van der Waals surface area contributed by atoms with Crippen molar-refractivity contribution in [3.63, 3.8) is 0 Å². The maximum atomic E-state index is 14.5. The lowest BCUT2D eigenvalue weighted by atomic mass is 10.0. The number of halogens is 5. The number of pyridine rings is 1. The first-order valence-electron chi connectivity index (χ1n) is 10.6. The maximum Gasteiger partial charge on any atom is 0.437 e. The highest BCUT2D eigenvalue weighted by molar-refractivity contribution is 6.31. The van der Waals surface area contributed by atoms with E-state index in [0.29, 0.717) is 11.1 Å². The van der Waals surface area contributed by atoms with Gasteiger partial charge in [-0.05, 0) is 42.8 Å². The molecule has 0 aliphatic rings. The average Bonchev–Trinajstić information content (AvgIpc) is 3.14. The quantitative estimate of drug-likeness (QED) is 0.244. The number of nitrogens with one attached hydrogen (secondary N) is 1. The Morgan fingerprint density at radius 1 is 1.27 bits per heavy atom. The van der Waals surface area contributed by atoms with Crippen LogP contribution in [0, 0.1) is 24.1 Å². The fourth-order valence-corrected chi connectivity index (χ4v) is 3.98. The summed E-state index contributed by atoms with van der Waals surface area (Å²) < 4.78 is 57.3. The summed E-state index contributed by atoms with van der Waals surface area (Å²) in [5.74, 6) is -1.95. The highest BCUT2D eigenvalue weighted by Crippen LogP contribution is 2.38. The van der Waals surface area contributed by atoms with Crippen molar-refractivity contribution < 1.29 is 27.5 Å². The van der Waals surface area contributed by atoms with E-state index in [4.69, 9.17) is 22.6 Å². The zero-order valence-corrected chi connectivity index (χ0v) is 19.7. The van der Waals surface area contributed by atoms with Crippen LogP contribution in [0.3, 0.4) is 0 Å². The fourth-order valence-electron chi connectivity index (χ4n) is 3.77. The predicted molar refractivity (Wildman–Crippen MR) is 126 cm³/mol. The van der Waals surface area contributed by atoms with Crippen molar-refractivity contribution in [1.82, 2.24) is 14.8 Å². The number of aromatic nitrogens is 3. The highest BCUT2D eigenvalue weighted by atomic mass is 35.5. The minimum Gasteiger partial charge on any atom is -0.369 e. The van der Waals surface area contributed by atoms with Crippen molar-refractivity contribution in [2.75, 3.05) is 5.32 Å². The molecule has 13 heteroatoms. The van der Waals surface area contributed by atoms with Crippen LogP contribution >= 0.6 is 11.6 Å². The van der Waals surface area contributed by atoms with Crippen molar-refractivity contribution in [3.05, 3.63) is 87.1 Å². The fraction of sp³-hybridized carbons (Fsp3) is 0.167. The molecule has 4 N–H and O–H groups in total. The lowest BCUT2D eigenvalue weighted by molar-refractivity contribution is -0.140. The van der Waals surface area contributed by atoms with Gasteiger partial charge in [0.2, 0.25) is 0 Å². The molecule has 2 heterocycles. The molecule has 1 unspecified atom stereocenters. The third-order valence-corrected chi connectivity index (χ3v) is 5.80. The Balaban J connectivity index is 1.79. The number of hydrogen-bond donors (Lipinski definition) is 3. The van der Waals surface area contributed by atoms with Crippen LogP contribution in [0.5, 0.6) is 0 Å². The molecule has 2 aromatic heterocycles. The number of carbonyl (C=O) groups excluding carboxylic acids is 1. The third-order valence-electron chi connectivity index (χ3n) is 5.58. The van der Waals surface area contributed by atoms with Gasteiger partial charge >= 0.3 is 6.18 Å². The Kier molecular flexibility index (Phi) is 6.77. The zero-order valence-electron chi connectivity index (χ0n) is 18.9. The van der Waals surface area contributed by atoms with E-state index in [2.05, 4.69) is 15.4 Å². The van der Waals surface area contributed by atoms with E-state index < -0.39 is 41.2 Å². The second kappa shape index (κ2) is 9.68. The normalized spacial score (nSPS) is 12.4. The number of nitriles is 1. The number of primary amides is 1. The molecule has 0 aliphatic heterocycles. The number of benzene rings is 2. The van der Waals surface area contributed by atoms with E-state index in [1.807, 2.05) is 6.07 Å². The minimum absolute atomic E-state index is 0.0356. The standard InChI is InChI=1S/C24H17ClF4N6O2/c1-11-19(21(24(27,28)29)34-35(11)10-13-4-2-12(9-30)3-5-13)33-23(37)16-8-18(22(31)36)32-20-15(16)6-14(25)7-17(20)26/h2-8,23,33,37H,10H2,1H3,(H2,31,36). The Morgan fingerprint density at radius 2 is 1.95 bits per heavy atom. The van der Waals surface area contributed by atoms with Crippen LogP contribution in [0.2, 0.25) is 5.02 Å². The topological polar surface area (TPSA) is 130 Å². The summed E-state index contributed by atoms with van der Waals surface area (Å²) in [6.07, 6.45) is -6.76. The molecule has 2 aromatic carbocycles. The van der Waals surface area contributed by atoms with E-state index >= 15 is 0 Å². The maximum absolute atomic E-state index is 14.5. The van der Waals surface area contributed by atoms with Gasteiger partial charge in [0, 0.05) is 16.0 Å². The largest absolute Gasteiger partial charge is 0.437 e. The summed E-state index contributed by atoms with van der Waals surface area (Å²) in [5, 5.41) is 25.8. The van der Waals surface area contributed by atoms with Crippen LogP contribution in [-0.2, 0) is 12.7 Å². The highest BCUT2D eigenvalue weighted by Gasteiger charge is 2.39. The smallest absolute Gasteiger partial charge is 0.369 e. The molecule has 0 saturated heterocycles. The number of anilines is 1. The number of carbonyl (C=O) groups is 1. The van der Waals surface area contributed by atoms with Gasteiger partial charge in [0.1, 0.15) is 11.2 Å². The molecule has 0 aliphatic carbocycles. The van der Waals surface area contributed by atoms with Gasteiger partial charge in [-0.2, -0.15) is 23.5 Å². The first-order chi connectivity index (χ1) is 17.4. The number of aliphatic hydroxyl groups is 1. The summed E-state index contributed by atoms with van der Waals surface area (Å²) in [6.45, 7) is 1.32. The minimum atomic E-state index is -4.89. The molecule has 1 amide bonds. The number of nitrogens with two attached hydrogens (primary N) is 1. The molecule has 0 radical (unpaired) electrons. The molecule has 37 heavy (non-hydrogen) atoms. The van der Waals surface area contributed by atoms with Crippen molar-refractivity contribution in [2.45, 2.75) is 25.9 Å². The number of fused-ring (bicyclic) bond motifs is 1. The summed E-state index contributed by atoms with van der Waals surface area (Å²) in [7, 11) is 0. The number of alkyl halides is 3. The molecular formula is C24H17ClF4N6O2. The summed E-state index contributed by atoms with van der Waals surface area (Å²) in [4.78, 5) is 15.6. The zero-order chi connectivity index (χ0) is 27.1. The molecule has 0 bridgehead atoms. The monoisotopic (exact) mass is 532 g/mol. The Hall–Kier alpha value is -4.21. The van der Waals surface area contributed by atoms with Crippen LogP contribution in [0.25, 0.3) is 10.9 Å². The van der Waals surface area contributed by atoms with Gasteiger partial charge in [-0.1, -0.05) is 23.7 Å². The molecule has 4 aromatic rings. The second-order valence-corrected chi connectivity index (χ2v) is 8.50. The molecule has 190 valence electrons. The molecule has 0 spiro atoms. The first-order valence-corrected chi connectivity index (χ1v) is 10.9. The Bertz CT molecular complexity index is 1560. The van der Waals surface area contributed by atoms with E-state index in [1.54, 1.807) is 12.1 Å².